The fourth-order valence-corrected chi connectivity index (χ4v) is 3.41. The minimum atomic E-state index is -0.331. The number of aromatic amines is 1. The van der Waals surface area contributed by atoms with E-state index in [4.69, 9.17) is 11.6 Å². The number of hydrogen-bond donors (Lipinski definition) is 2. The molecule has 5 aromatic rings. The molecule has 22 heavy (non-hydrogen) atoms. The molecule has 6 heteroatoms. The van der Waals surface area contributed by atoms with Gasteiger partial charge < -0.3 is 9.51 Å². The van der Waals surface area contributed by atoms with Crippen LogP contribution in [0.1, 0.15) is 0 Å². The van der Waals surface area contributed by atoms with Crippen LogP contribution >= 0.6 is 11.6 Å². The van der Waals surface area contributed by atoms with Crippen LogP contribution in [-0.2, 0) is 0 Å². The molecule has 4 heterocycles. The lowest BCUT2D eigenvalue weighted by Crippen LogP contribution is -1.98. The van der Waals surface area contributed by atoms with Gasteiger partial charge in [0.15, 0.2) is 0 Å². The highest BCUT2D eigenvalue weighted by Crippen LogP contribution is 2.37. The number of aromatic nitrogens is 3. The van der Waals surface area contributed by atoms with Gasteiger partial charge in [0.25, 0.3) is 5.56 Å². The van der Waals surface area contributed by atoms with E-state index in [0.29, 0.717) is 15.9 Å². The van der Waals surface area contributed by atoms with E-state index >= 15 is 0 Å². The molecule has 5 nitrogen and oxygen atoms in total. The van der Waals surface area contributed by atoms with E-state index in [1.54, 1.807) is 22.7 Å². The summed E-state index contributed by atoms with van der Waals surface area (Å²) < 4.78 is 1.78. The fraction of sp³-hybridized carbons (Fsp3) is 0. The highest BCUT2D eigenvalue weighted by Gasteiger charge is 2.20. The van der Waals surface area contributed by atoms with Crippen molar-refractivity contribution in [1.29, 1.82) is 0 Å². The van der Waals surface area contributed by atoms with E-state index in [9.17, 15) is 9.90 Å². The highest BCUT2D eigenvalue weighted by atomic mass is 35.5. The maximum Gasteiger partial charge on any atom is 0.261 e. The molecule has 0 unspecified atom stereocenters. The summed E-state index contributed by atoms with van der Waals surface area (Å²) in [5.74, 6) is -0.139. The fourth-order valence-electron chi connectivity index (χ4n) is 3.24. The molecular weight excluding hydrogens is 302 g/mol. The molecule has 0 fully saturated rings. The van der Waals surface area contributed by atoms with Crippen LogP contribution in [0.25, 0.3) is 38.2 Å². The lowest BCUT2D eigenvalue weighted by Gasteiger charge is -2.01. The molecule has 5 rings (SSSR count). The number of benzene rings is 1. The molecule has 0 aliphatic carbocycles. The smallest absolute Gasteiger partial charge is 0.261 e. The van der Waals surface area contributed by atoms with Gasteiger partial charge in [-0.2, -0.15) is 0 Å². The quantitative estimate of drug-likeness (QED) is 0.461. The van der Waals surface area contributed by atoms with Gasteiger partial charge in [-0.05, 0) is 30.3 Å². The average molecular weight is 310 g/mol. The van der Waals surface area contributed by atoms with E-state index < -0.39 is 0 Å². The number of halogens is 1. The second-order valence-electron chi connectivity index (χ2n) is 5.29. The van der Waals surface area contributed by atoms with Gasteiger partial charge in [0, 0.05) is 22.0 Å². The zero-order valence-corrected chi connectivity index (χ0v) is 11.8. The number of aromatic hydroxyl groups is 1. The van der Waals surface area contributed by atoms with Crippen molar-refractivity contribution < 1.29 is 5.11 Å². The summed E-state index contributed by atoms with van der Waals surface area (Å²) in [5, 5.41) is 12.7. The molecule has 0 bridgehead atoms. The maximum absolute atomic E-state index is 12.3. The van der Waals surface area contributed by atoms with Gasteiger partial charge in [0.2, 0.25) is 5.88 Å². The van der Waals surface area contributed by atoms with Gasteiger partial charge in [0.1, 0.15) is 5.52 Å². The number of nitrogens with zero attached hydrogens (tertiary/aromatic N) is 2. The van der Waals surface area contributed by atoms with Crippen molar-refractivity contribution >= 4 is 49.8 Å². The van der Waals surface area contributed by atoms with Crippen LogP contribution in [0, 0.1) is 0 Å². The zero-order valence-electron chi connectivity index (χ0n) is 11.1. The molecule has 0 saturated heterocycles. The molecule has 0 aliphatic rings. The highest BCUT2D eigenvalue weighted by molar-refractivity contribution is 6.33. The van der Waals surface area contributed by atoms with Crippen molar-refractivity contribution in [2.75, 3.05) is 0 Å². The number of nitrogens with one attached hydrogen (secondary N) is 1. The van der Waals surface area contributed by atoms with E-state index in [2.05, 4.69) is 9.97 Å². The number of pyridine rings is 1. The van der Waals surface area contributed by atoms with Gasteiger partial charge in [-0.15, -0.1) is 0 Å². The van der Waals surface area contributed by atoms with Gasteiger partial charge in [0.05, 0.1) is 21.9 Å². The molecule has 0 radical (unpaired) electrons. The van der Waals surface area contributed by atoms with Crippen LogP contribution in [0.3, 0.4) is 0 Å². The topological polar surface area (TPSA) is 70.4 Å². The number of hydrogen-bond acceptors (Lipinski definition) is 3. The second kappa shape index (κ2) is 3.69. The zero-order chi connectivity index (χ0) is 15.0. The van der Waals surface area contributed by atoms with Crippen molar-refractivity contribution in [3.8, 4) is 5.88 Å². The third-order valence-electron chi connectivity index (χ3n) is 4.10. The van der Waals surface area contributed by atoms with E-state index in [1.165, 1.54) is 0 Å². The molecular formula is C16H8ClN3O2. The summed E-state index contributed by atoms with van der Waals surface area (Å²) in [6, 6.07) is 9.17. The first-order chi connectivity index (χ1) is 10.6. The van der Waals surface area contributed by atoms with Crippen LogP contribution in [-0.4, -0.2) is 19.5 Å². The number of rotatable bonds is 0. The molecule has 0 atom stereocenters. The lowest BCUT2D eigenvalue weighted by atomic mass is 10.1. The monoisotopic (exact) mass is 309 g/mol. The summed E-state index contributed by atoms with van der Waals surface area (Å²) in [4.78, 5) is 19.4. The summed E-state index contributed by atoms with van der Waals surface area (Å²) in [6.45, 7) is 0. The molecule has 0 saturated carbocycles. The van der Waals surface area contributed by atoms with Crippen LogP contribution < -0.4 is 5.56 Å². The minimum Gasteiger partial charge on any atom is -0.493 e. The van der Waals surface area contributed by atoms with Crippen molar-refractivity contribution in [2.45, 2.75) is 0 Å². The SMILES string of the molecule is O=c1[nH]c(O)c2c1c1c3cc(Cl)ccc3nc1c1cccn12. The van der Waals surface area contributed by atoms with Gasteiger partial charge in [-0.3, -0.25) is 9.78 Å². The van der Waals surface area contributed by atoms with E-state index in [-0.39, 0.29) is 11.4 Å². The van der Waals surface area contributed by atoms with Crippen molar-refractivity contribution in [1.82, 2.24) is 14.4 Å². The first-order valence-corrected chi connectivity index (χ1v) is 7.09. The van der Waals surface area contributed by atoms with Crippen molar-refractivity contribution in [2.24, 2.45) is 0 Å². The van der Waals surface area contributed by atoms with Gasteiger partial charge in [-0.1, -0.05) is 11.6 Å². The molecule has 1 aromatic carbocycles. The Balaban J connectivity index is 2.28. The Morgan fingerprint density at radius 2 is 2.09 bits per heavy atom. The first kappa shape index (κ1) is 11.8. The van der Waals surface area contributed by atoms with E-state index in [0.717, 1.165) is 27.3 Å². The molecule has 2 N–H and O–H groups in total. The normalized spacial score (nSPS) is 12.2. The summed E-state index contributed by atoms with van der Waals surface area (Å²) in [6.07, 6.45) is 1.80. The van der Waals surface area contributed by atoms with E-state index in [1.807, 2.05) is 18.2 Å². The van der Waals surface area contributed by atoms with Crippen LogP contribution in [0.15, 0.2) is 41.3 Å². The molecule has 0 spiro atoms. The molecule has 106 valence electrons. The molecule has 0 amide bonds. The Kier molecular flexibility index (Phi) is 1.99. The Hall–Kier alpha value is -2.79. The third kappa shape index (κ3) is 1.25. The number of H-pyrrole nitrogens is 1. The van der Waals surface area contributed by atoms with Gasteiger partial charge in [-0.25, -0.2) is 4.98 Å². The van der Waals surface area contributed by atoms with Gasteiger partial charge >= 0.3 is 0 Å². The predicted octanol–water partition coefficient (Wildman–Crippen LogP) is 3.28. The summed E-state index contributed by atoms with van der Waals surface area (Å²) in [7, 11) is 0. The molecule has 4 aromatic heterocycles. The van der Waals surface area contributed by atoms with Crippen LogP contribution in [0.5, 0.6) is 5.88 Å². The Morgan fingerprint density at radius 1 is 1.23 bits per heavy atom. The van der Waals surface area contributed by atoms with Crippen LogP contribution in [0.2, 0.25) is 5.02 Å². The number of fused-ring (bicyclic) bond motifs is 8. The minimum absolute atomic E-state index is 0.139. The van der Waals surface area contributed by atoms with Crippen molar-refractivity contribution in [3.63, 3.8) is 0 Å². The Bertz CT molecular complexity index is 1270. The maximum atomic E-state index is 12.3. The summed E-state index contributed by atoms with van der Waals surface area (Å²) in [5.41, 5.74) is 2.47. The third-order valence-corrected chi connectivity index (χ3v) is 4.33. The van der Waals surface area contributed by atoms with Crippen LogP contribution in [0.4, 0.5) is 0 Å². The van der Waals surface area contributed by atoms with Crippen molar-refractivity contribution in [3.05, 3.63) is 51.9 Å². The first-order valence-electron chi connectivity index (χ1n) is 6.71. The predicted molar refractivity (Wildman–Crippen MR) is 86.2 cm³/mol. The average Bonchev–Trinajstić information content (AvgIpc) is 3.14. The largest absolute Gasteiger partial charge is 0.493 e. The Morgan fingerprint density at radius 3 is 2.95 bits per heavy atom. The second-order valence-corrected chi connectivity index (χ2v) is 5.72. The lowest BCUT2D eigenvalue weighted by molar-refractivity contribution is 0.460. The molecule has 0 aliphatic heterocycles. The standard InChI is InChI=1S/C16H8ClN3O2/c17-7-3-4-9-8(6-7)11-12-14(16(22)19-15(12)21)20-5-1-2-10(20)13(11)18-9/h1-6,22H,(H,19,21). The Labute approximate surface area is 127 Å². The summed E-state index contributed by atoms with van der Waals surface area (Å²) >= 11 is 6.10.